The van der Waals surface area contributed by atoms with Crippen molar-refractivity contribution >= 4 is 22.8 Å². The molecule has 2 N–H and O–H groups in total. The lowest BCUT2D eigenvalue weighted by molar-refractivity contribution is 0.101. The van der Waals surface area contributed by atoms with Gasteiger partial charge in [0.05, 0.1) is 10.6 Å². The molecule has 2 aromatic carbocycles. The molecule has 0 aliphatic carbocycles. The van der Waals surface area contributed by atoms with Crippen LogP contribution in [0.15, 0.2) is 60.0 Å². The Morgan fingerprint density at radius 2 is 1.38 bits per heavy atom. The Morgan fingerprint density at radius 1 is 0.857 bits per heavy atom. The Hall–Kier alpha value is -2.39. The summed E-state index contributed by atoms with van der Waals surface area (Å²) in [5, 5.41) is 2.00. The van der Waals surface area contributed by atoms with Gasteiger partial charge in [-0.05, 0) is 35.1 Å². The summed E-state index contributed by atoms with van der Waals surface area (Å²) in [6.45, 7) is 1.58. The van der Waals surface area contributed by atoms with Crippen LogP contribution in [0.4, 0.5) is 5.69 Å². The molecule has 0 amide bonds. The number of nitrogens with two attached hydrogens (primary N) is 1. The second-order valence-corrected chi connectivity index (χ2v) is 5.83. The summed E-state index contributed by atoms with van der Waals surface area (Å²) in [6, 6.07) is 17.9. The van der Waals surface area contributed by atoms with E-state index in [1.54, 1.807) is 18.3 Å². The monoisotopic (exact) mass is 293 g/mol. The van der Waals surface area contributed by atoms with Crippen LogP contribution in [0.1, 0.15) is 17.3 Å². The van der Waals surface area contributed by atoms with Gasteiger partial charge in [0.2, 0.25) is 0 Å². The topological polar surface area (TPSA) is 43.1 Å². The number of hydrogen-bond donors (Lipinski definition) is 1. The molecule has 0 unspecified atom stereocenters. The number of rotatable bonds is 3. The Bertz CT molecular complexity index is 770. The molecule has 21 heavy (non-hydrogen) atoms. The summed E-state index contributed by atoms with van der Waals surface area (Å²) in [7, 11) is 0. The van der Waals surface area contributed by atoms with Crippen LogP contribution in [-0.2, 0) is 0 Å². The van der Waals surface area contributed by atoms with Gasteiger partial charge in [-0.25, -0.2) is 0 Å². The van der Waals surface area contributed by atoms with Gasteiger partial charge in [0, 0.05) is 5.56 Å². The predicted molar refractivity (Wildman–Crippen MR) is 89.6 cm³/mol. The Morgan fingerprint density at radius 3 is 1.86 bits per heavy atom. The molecule has 1 heterocycles. The van der Waals surface area contributed by atoms with E-state index in [1.807, 2.05) is 35.7 Å². The first-order chi connectivity index (χ1) is 10.1. The fourth-order valence-corrected chi connectivity index (χ4v) is 3.09. The number of ketones is 1. The first-order valence-electron chi connectivity index (χ1n) is 6.70. The fourth-order valence-electron chi connectivity index (χ4n) is 2.27. The normalized spacial score (nSPS) is 10.5. The van der Waals surface area contributed by atoms with E-state index in [0.29, 0.717) is 0 Å². The molecule has 0 radical (unpaired) electrons. The molecule has 104 valence electrons. The molecule has 0 aliphatic heterocycles. The smallest absolute Gasteiger partial charge is 0.159 e. The van der Waals surface area contributed by atoms with E-state index in [4.69, 9.17) is 5.73 Å². The summed E-state index contributed by atoms with van der Waals surface area (Å²) in [6.07, 6.45) is 0. The van der Waals surface area contributed by atoms with Crippen molar-refractivity contribution < 1.29 is 4.79 Å². The molecule has 3 heteroatoms. The molecular formula is C18H15NOS. The van der Waals surface area contributed by atoms with Crippen molar-refractivity contribution in [3.05, 3.63) is 65.5 Å². The first kappa shape index (κ1) is 13.6. The Labute approximate surface area is 127 Å². The van der Waals surface area contributed by atoms with Gasteiger partial charge in [0.15, 0.2) is 5.78 Å². The number of anilines is 1. The molecule has 3 rings (SSSR count). The van der Waals surface area contributed by atoms with Gasteiger partial charge in [-0.3, -0.25) is 4.79 Å². The van der Waals surface area contributed by atoms with Gasteiger partial charge in [0.25, 0.3) is 0 Å². The Kier molecular flexibility index (Phi) is 3.59. The van der Waals surface area contributed by atoms with Crippen LogP contribution in [0, 0.1) is 0 Å². The highest BCUT2D eigenvalue weighted by Crippen LogP contribution is 2.32. The molecular weight excluding hydrogens is 278 g/mol. The van der Waals surface area contributed by atoms with Crippen molar-refractivity contribution in [2.45, 2.75) is 6.92 Å². The van der Waals surface area contributed by atoms with E-state index >= 15 is 0 Å². The first-order valence-corrected chi connectivity index (χ1v) is 7.58. The van der Waals surface area contributed by atoms with Crippen molar-refractivity contribution in [1.29, 1.82) is 0 Å². The SMILES string of the molecule is CC(=O)c1ccc(-c2ccc(-c3sccc3N)cc2)cc1. The molecule has 0 saturated heterocycles. The van der Waals surface area contributed by atoms with Crippen molar-refractivity contribution in [2.24, 2.45) is 0 Å². The highest BCUT2D eigenvalue weighted by Gasteiger charge is 2.05. The van der Waals surface area contributed by atoms with Crippen molar-refractivity contribution in [3.8, 4) is 21.6 Å². The highest BCUT2D eigenvalue weighted by molar-refractivity contribution is 7.14. The quantitative estimate of drug-likeness (QED) is 0.700. The fraction of sp³-hybridized carbons (Fsp3) is 0.0556. The molecule has 0 bridgehead atoms. The van der Waals surface area contributed by atoms with Crippen molar-refractivity contribution in [2.75, 3.05) is 5.73 Å². The minimum Gasteiger partial charge on any atom is -0.398 e. The van der Waals surface area contributed by atoms with Crippen LogP contribution in [-0.4, -0.2) is 5.78 Å². The third kappa shape index (κ3) is 2.73. The van der Waals surface area contributed by atoms with Gasteiger partial charge in [-0.1, -0.05) is 48.5 Å². The molecule has 0 fully saturated rings. The van der Waals surface area contributed by atoms with Crippen LogP contribution in [0.3, 0.4) is 0 Å². The van der Waals surface area contributed by atoms with Gasteiger partial charge in [-0.2, -0.15) is 0 Å². The van der Waals surface area contributed by atoms with Crippen LogP contribution < -0.4 is 5.73 Å². The maximum atomic E-state index is 11.3. The summed E-state index contributed by atoms with van der Waals surface area (Å²) >= 11 is 1.65. The molecule has 0 aliphatic rings. The zero-order valence-corrected chi connectivity index (χ0v) is 12.5. The van der Waals surface area contributed by atoms with E-state index in [0.717, 1.165) is 32.8 Å². The summed E-state index contributed by atoms with van der Waals surface area (Å²) < 4.78 is 0. The largest absolute Gasteiger partial charge is 0.398 e. The number of Topliss-reactive ketones (excluding diaryl/α,β-unsaturated/α-hetero) is 1. The highest BCUT2D eigenvalue weighted by atomic mass is 32.1. The molecule has 1 aromatic heterocycles. The maximum Gasteiger partial charge on any atom is 0.159 e. The zero-order chi connectivity index (χ0) is 14.8. The van der Waals surface area contributed by atoms with E-state index in [9.17, 15) is 4.79 Å². The van der Waals surface area contributed by atoms with E-state index < -0.39 is 0 Å². The summed E-state index contributed by atoms with van der Waals surface area (Å²) in [5.74, 6) is 0.0880. The predicted octanol–water partition coefficient (Wildman–Crippen LogP) is 4.87. The van der Waals surface area contributed by atoms with Crippen LogP contribution in [0.25, 0.3) is 21.6 Å². The van der Waals surface area contributed by atoms with Crippen LogP contribution >= 0.6 is 11.3 Å². The zero-order valence-electron chi connectivity index (χ0n) is 11.7. The third-order valence-electron chi connectivity index (χ3n) is 3.47. The average Bonchev–Trinajstić information content (AvgIpc) is 2.94. The number of carbonyl (C=O) groups excluding carboxylic acids is 1. The van der Waals surface area contributed by atoms with Crippen LogP contribution in [0.5, 0.6) is 0 Å². The van der Waals surface area contributed by atoms with Gasteiger partial charge in [-0.15, -0.1) is 11.3 Å². The average molecular weight is 293 g/mol. The molecule has 0 atom stereocenters. The molecule has 0 saturated carbocycles. The second kappa shape index (κ2) is 5.54. The lowest BCUT2D eigenvalue weighted by atomic mass is 10.0. The van der Waals surface area contributed by atoms with Crippen molar-refractivity contribution in [1.82, 2.24) is 0 Å². The van der Waals surface area contributed by atoms with Gasteiger partial charge >= 0.3 is 0 Å². The number of nitrogen functional groups attached to an aromatic ring is 1. The number of hydrogen-bond acceptors (Lipinski definition) is 3. The Balaban J connectivity index is 1.90. The molecule has 3 aromatic rings. The minimum absolute atomic E-state index is 0.0880. The van der Waals surface area contributed by atoms with Crippen LogP contribution in [0.2, 0.25) is 0 Å². The lowest BCUT2D eigenvalue weighted by Gasteiger charge is -2.05. The van der Waals surface area contributed by atoms with Crippen molar-refractivity contribution in [3.63, 3.8) is 0 Å². The lowest BCUT2D eigenvalue weighted by Crippen LogP contribution is -1.90. The second-order valence-electron chi connectivity index (χ2n) is 4.92. The molecule has 2 nitrogen and oxygen atoms in total. The number of carbonyl (C=O) groups is 1. The van der Waals surface area contributed by atoms with Gasteiger partial charge in [0.1, 0.15) is 0 Å². The maximum absolute atomic E-state index is 11.3. The van der Waals surface area contributed by atoms with E-state index in [-0.39, 0.29) is 5.78 Å². The van der Waals surface area contributed by atoms with E-state index in [2.05, 4.69) is 24.3 Å². The van der Waals surface area contributed by atoms with E-state index in [1.165, 1.54) is 0 Å². The number of benzene rings is 2. The summed E-state index contributed by atoms with van der Waals surface area (Å²) in [4.78, 5) is 12.4. The minimum atomic E-state index is 0.0880. The summed E-state index contributed by atoms with van der Waals surface area (Å²) in [5.41, 5.74) is 10.9. The standard InChI is InChI=1S/C18H15NOS/c1-12(20)13-2-4-14(5-3-13)15-6-8-16(9-7-15)18-17(19)10-11-21-18/h2-11H,19H2,1H3. The molecule has 0 spiro atoms. The number of thiophene rings is 1. The third-order valence-corrected chi connectivity index (χ3v) is 4.45. The van der Waals surface area contributed by atoms with Gasteiger partial charge < -0.3 is 5.73 Å².